The van der Waals surface area contributed by atoms with Crippen molar-refractivity contribution in [2.24, 2.45) is 0 Å². The number of hydrogen-bond acceptors (Lipinski definition) is 6. The number of carbonyl (C=O) groups excluding carboxylic acids is 2. The van der Waals surface area contributed by atoms with Crippen LogP contribution >= 0.6 is 0 Å². The van der Waals surface area contributed by atoms with Crippen LogP contribution in [0.3, 0.4) is 0 Å². The van der Waals surface area contributed by atoms with Crippen molar-refractivity contribution in [1.29, 1.82) is 0 Å². The predicted octanol–water partition coefficient (Wildman–Crippen LogP) is 2.41. The molecule has 4 N–H and O–H groups in total. The Hall–Kier alpha value is -3.52. The number of amides is 2. The summed E-state index contributed by atoms with van der Waals surface area (Å²) < 4.78 is 69.5. The zero-order valence-corrected chi connectivity index (χ0v) is 19.7. The number of benzene rings is 1. The first-order valence-corrected chi connectivity index (χ1v) is 11.2. The number of aromatic hydroxyl groups is 1. The average Bonchev–Trinajstić information content (AvgIpc) is 3.31. The Labute approximate surface area is 207 Å². The molecule has 1 fully saturated rings. The van der Waals surface area contributed by atoms with E-state index in [9.17, 15) is 41.4 Å². The molecule has 1 aliphatic heterocycles. The van der Waals surface area contributed by atoms with Crippen molar-refractivity contribution in [3.63, 3.8) is 0 Å². The zero-order valence-electron chi connectivity index (χ0n) is 19.7. The quantitative estimate of drug-likeness (QED) is 0.224. The third kappa shape index (κ3) is 6.63. The van der Waals surface area contributed by atoms with Crippen molar-refractivity contribution in [1.82, 2.24) is 20.5 Å². The fourth-order valence-corrected chi connectivity index (χ4v) is 3.84. The van der Waals surface area contributed by atoms with Gasteiger partial charge in [0.25, 0.3) is 11.8 Å². The normalized spacial score (nSPS) is 17.6. The lowest BCUT2D eigenvalue weighted by molar-refractivity contribution is -0.135. The first-order chi connectivity index (χ1) is 17.3. The summed E-state index contributed by atoms with van der Waals surface area (Å²) in [5.74, 6) is -4.62. The molecule has 9 nitrogen and oxygen atoms in total. The first-order valence-electron chi connectivity index (χ1n) is 11.2. The number of alkyl halides is 3. The molecule has 37 heavy (non-hydrogen) atoms. The number of nitrogens with one attached hydrogen (secondary N) is 3. The van der Waals surface area contributed by atoms with Gasteiger partial charge in [-0.3, -0.25) is 19.7 Å². The number of nitrogens with zero attached hydrogens (tertiary/aromatic N) is 1. The largest absolute Gasteiger partial charge is 0.503 e. The molecule has 1 aromatic heterocycles. The highest BCUT2D eigenvalue weighted by Crippen LogP contribution is 2.26. The Balaban J connectivity index is 1.73. The van der Waals surface area contributed by atoms with Gasteiger partial charge < -0.3 is 25.0 Å². The van der Waals surface area contributed by atoms with E-state index in [1.807, 2.05) is 0 Å². The summed E-state index contributed by atoms with van der Waals surface area (Å²) in [5, 5.41) is 15.6. The van der Waals surface area contributed by atoms with Crippen LogP contribution in [0.1, 0.15) is 45.7 Å². The molecule has 0 radical (unpaired) electrons. The fraction of sp³-hybridized carbons (Fsp3) is 0.435. The Bertz CT molecular complexity index is 1210. The summed E-state index contributed by atoms with van der Waals surface area (Å²) in [4.78, 5) is 41.7. The molecule has 0 bridgehead atoms. The van der Waals surface area contributed by atoms with Crippen LogP contribution in [0, 0.1) is 11.6 Å². The Kier molecular flexibility index (Phi) is 8.53. The van der Waals surface area contributed by atoms with E-state index in [1.165, 1.54) is 7.05 Å². The minimum absolute atomic E-state index is 0.0350. The van der Waals surface area contributed by atoms with Crippen LogP contribution in [0.15, 0.2) is 29.2 Å². The van der Waals surface area contributed by atoms with Crippen LogP contribution < -0.4 is 16.1 Å². The summed E-state index contributed by atoms with van der Waals surface area (Å²) in [6.07, 6.45) is -4.43. The maximum Gasteiger partial charge on any atom is 0.389 e. The number of hydrogen-bond donors (Lipinski definition) is 4. The lowest BCUT2D eigenvalue weighted by Crippen LogP contribution is -2.60. The van der Waals surface area contributed by atoms with Crippen LogP contribution in [0.25, 0.3) is 0 Å². The SMILES string of the molecule is CN(C(=O)c1[nH]cc(C(=O)NCc2ccc(F)cc2F)c(=O)c1O)C1(NCCCC(F)(F)F)CCOC1. The molecule has 0 spiro atoms. The van der Waals surface area contributed by atoms with E-state index in [-0.39, 0.29) is 44.7 Å². The van der Waals surface area contributed by atoms with Crippen molar-refractivity contribution in [3.05, 3.63) is 63.1 Å². The van der Waals surface area contributed by atoms with Gasteiger partial charge in [0.05, 0.1) is 13.2 Å². The molecular weight excluding hydrogens is 507 g/mol. The molecule has 14 heteroatoms. The number of aromatic nitrogens is 1. The Morgan fingerprint density at radius 3 is 2.62 bits per heavy atom. The topological polar surface area (TPSA) is 124 Å². The lowest BCUT2D eigenvalue weighted by atomic mass is 10.1. The average molecular weight is 532 g/mol. The van der Waals surface area contributed by atoms with Gasteiger partial charge in [-0.05, 0) is 19.0 Å². The van der Waals surface area contributed by atoms with Crippen molar-refractivity contribution >= 4 is 11.8 Å². The maximum atomic E-state index is 13.8. The maximum absolute atomic E-state index is 13.8. The van der Waals surface area contributed by atoms with Gasteiger partial charge in [-0.15, -0.1) is 0 Å². The minimum Gasteiger partial charge on any atom is -0.503 e. The monoisotopic (exact) mass is 532 g/mol. The third-order valence-electron chi connectivity index (χ3n) is 6.01. The highest BCUT2D eigenvalue weighted by Gasteiger charge is 2.42. The van der Waals surface area contributed by atoms with Crippen molar-refractivity contribution < 1.29 is 41.4 Å². The van der Waals surface area contributed by atoms with E-state index in [1.54, 1.807) is 0 Å². The molecule has 2 heterocycles. The van der Waals surface area contributed by atoms with E-state index in [4.69, 9.17) is 4.74 Å². The summed E-state index contributed by atoms with van der Waals surface area (Å²) in [5.41, 5.74) is -3.51. The number of halogens is 5. The number of aromatic amines is 1. The van der Waals surface area contributed by atoms with Gasteiger partial charge in [0.2, 0.25) is 5.43 Å². The van der Waals surface area contributed by atoms with Gasteiger partial charge in [0.1, 0.15) is 22.9 Å². The number of rotatable bonds is 9. The minimum atomic E-state index is -4.32. The molecule has 2 amide bonds. The van der Waals surface area contributed by atoms with Crippen molar-refractivity contribution in [2.45, 2.75) is 37.6 Å². The molecule has 1 saturated heterocycles. The second-order valence-electron chi connectivity index (χ2n) is 8.52. The second kappa shape index (κ2) is 11.3. The Morgan fingerprint density at radius 2 is 2.00 bits per heavy atom. The summed E-state index contributed by atoms with van der Waals surface area (Å²) in [6.45, 7) is -0.263. The van der Waals surface area contributed by atoms with Crippen LogP contribution in [0.4, 0.5) is 22.0 Å². The highest BCUT2D eigenvalue weighted by atomic mass is 19.4. The number of likely N-dealkylation sites (N-methyl/N-ethyl adjacent to an activating group) is 1. The van der Waals surface area contributed by atoms with Gasteiger partial charge in [-0.2, -0.15) is 13.2 Å². The van der Waals surface area contributed by atoms with Crippen LogP contribution in [-0.2, 0) is 11.3 Å². The van der Waals surface area contributed by atoms with Crippen LogP contribution in [0.2, 0.25) is 0 Å². The first kappa shape index (κ1) is 28.1. The predicted molar refractivity (Wildman–Crippen MR) is 120 cm³/mol. The molecular formula is C23H25F5N4O5. The van der Waals surface area contributed by atoms with Gasteiger partial charge in [0.15, 0.2) is 11.4 Å². The highest BCUT2D eigenvalue weighted by molar-refractivity contribution is 5.98. The van der Waals surface area contributed by atoms with E-state index in [0.717, 1.165) is 23.2 Å². The zero-order chi connectivity index (χ0) is 27.4. The number of H-pyrrole nitrogens is 1. The fourth-order valence-electron chi connectivity index (χ4n) is 3.84. The molecule has 1 aromatic carbocycles. The standard InChI is InChI=1S/C23H25F5N4O5/c1-32(22(6-8-37-12-22)31-7-2-5-23(26,27)28)21(36)17-19(34)18(33)15(11-29-17)20(35)30-10-13-3-4-14(24)9-16(13)25/h3-4,9,11,31,34H,2,5-8,10,12H2,1H3,(H,29,33)(H,30,35). The van der Waals surface area contributed by atoms with Crippen LogP contribution in [0.5, 0.6) is 5.75 Å². The summed E-state index contributed by atoms with van der Waals surface area (Å²) in [6, 6.07) is 2.74. The van der Waals surface area contributed by atoms with E-state index >= 15 is 0 Å². The van der Waals surface area contributed by atoms with Crippen molar-refractivity contribution in [3.8, 4) is 5.75 Å². The molecule has 0 aliphatic carbocycles. The van der Waals surface area contributed by atoms with Gasteiger partial charge in [-0.25, -0.2) is 8.78 Å². The van der Waals surface area contributed by atoms with E-state index in [2.05, 4.69) is 15.6 Å². The Morgan fingerprint density at radius 1 is 1.27 bits per heavy atom. The van der Waals surface area contributed by atoms with Crippen molar-refractivity contribution in [2.75, 3.05) is 26.8 Å². The van der Waals surface area contributed by atoms with Gasteiger partial charge in [0, 0.05) is 44.3 Å². The molecule has 1 unspecified atom stereocenters. The molecule has 1 aliphatic rings. The third-order valence-corrected chi connectivity index (χ3v) is 6.01. The number of pyridine rings is 1. The summed E-state index contributed by atoms with van der Waals surface area (Å²) in [7, 11) is 1.34. The number of carbonyl (C=O) groups is 2. The van der Waals surface area contributed by atoms with Gasteiger partial charge in [-0.1, -0.05) is 6.07 Å². The summed E-state index contributed by atoms with van der Waals surface area (Å²) >= 11 is 0. The molecule has 202 valence electrons. The van der Waals surface area contributed by atoms with E-state index in [0.29, 0.717) is 6.07 Å². The number of ether oxygens (including phenoxy) is 1. The van der Waals surface area contributed by atoms with Crippen LogP contribution in [-0.4, -0.2) is 65.5 Å². The molecule has 0 saturated carbocycles. The lowest BCUT2D eigenvalue weighted by Gasteiger charge is -2.38. The second-order valence-corrected chi connectivity index (χ2v) is 8.52. The molecule has 3 rings (SSSR count). The van der Waals surface area contributed by atoms with E-state index < -0.39 is 64.1 Å². The van der Waals surface area contributed by atoms with Gasteiger partial charge >= 0.3 is 6.18 Å². The molecule has 2 aromatic rings. The smallest absolute Gasteiger partial charge is 0.389 e. The molecule has 1 atom stereocenters.